The molecule has 0 aliphatic carbocycles. The van der Waals surface area contributed by atoms with Gasteiger partial charge in [-0.15, -0.1) is 0 Å². The Hall–Kier alpha value is -1.88. The summed E-state index contributed by atoms with van der Waals surface area (Å²) in [6.45, 7) is 4.13. The predicted octanol–water partition coefficient (Wildman–Crippen LogP) is 1.71. The summed E-state index contributed by atoms with van der Waals surface area (Å²) < 4.78 is 1.92. The molecule has 1 atom stereocenters. The van der Waals surface area contributed by atoms with Crippen LogP contribution in [0.25, 0.3) is 11.0 Å². The van der Waals surface area contributed by atoms with E-state index in [9.17, 15) is 4.79 Å². The summed E-state index contributed by atoms with van der Waals surface area (Å²) in [6, 6.07) is 5.47. The van der Waals surface area contributed by atoms with Gasteiger partial charge in [-0.2, -0.15) is 0 Å². The van der Waals surface area contributed by atoms with Crippen molar-refractivity contribution in [1.29, 1.82) is 0 Å². The summed E-state index contributed by atoms with van der Waals surface area (Å²) in [5, 5.41) is 12.0. The Labute approximate surface area is 118 Å². The molecule has 1 amide bonds. The van der Waals surface area contributed by atoms with Crippen LogP contribution in [0.4, 0.5) is 0 Å². The van der Waals surface area contributed by atoms with E-state index < -0.39 is 0 Å². The molecule has 5 nitrogen and oxygen atoms in total. The van der Waals surface area contributed by atoms with Crippen LogP contribution in [0.5, 0.6) is 0 Å². The Morgan fingerprint density at radius 3 is 2.85 bits per heavy atom. The number of carbonyl (C=O) groups is 1. The van der Waals surface area contributed by atoms with Gasteiger partial charge in [0.05, 0.1) is 17.4 Å². The van der Waals surface area contributed by atoms with Gasteiger partial charge in [0.25, 0.3) is 5.91 Å². The second-order valence-electron chi connectivity index (χ2n) is 5.40. The minimum absolute atomic E-state index is 0.0214. The summed E-state index contributed by atoms with van der Waals surface area (Å²) in [4.78, 5) is 16.5. The molecule has 0 radical (unpaired) electrons. The van der Waals surface area contributed by atoms with E-state index in [1.807, 2.05) is 31.5 Å². The van der Waals surface area contributed by atoms with Gasteiger partial charge in [-0.1, -0.05) is 13.8 Å². The van der Waals surface area contributed by atoms with Crippen molar-refractivity contribution in [2.75, 3.05) is 6.61 Å². The monoisotopic (exact) mass is 275 g/mol. The highest BCUT2D eigenvalue weighted by Gasteiger charge is 2.17. The van der Waals surface area contributed by atoms with Gasteiger partial charge in [0.1, 0.15) is 0 Å². The van der Waals surface area contributed by atoms with E-state index in [1.54, 1.807) is 18.5 Å². The van der Waals surface area contributed by atoms with Crippen LogP contribution in [-0.4, -0.2) is 33.2 Å². The number of nitrogens with one attached hydrogen (secondary N) is 1. The maximum atomic E-state index is 12.3. The number of amides is 1. The van der Waals surface area contributed by atoms with Crippen molar-refractivity contribution >= 4 is 16.9 Å². The smallest absolute Gasteiger partial charge is 0.251 e. The summed E-state index contributed by atoms with van der Waals surface area (Å²) in [7, 11) is 1.92. The van der Waals surface area contributed by atoms with Crippen molar-refractivity contribution in [3.05, 3.63) is 30.1 Å². The molecule has 0 aliphatic heterocycles. The van der Waals surface area contributed by atoms with Crippen LogP contribution >= 0.6 is 0 Å². The number of aliphatic hydroxyl groups excluding tert-OH is 1. The van der Waals surface area contributed by atoms with Crippen molar-refractivity contribution < 1.29 is 9.90 Å². The molecule has 2 N–H and O–H groups in total. The molecule has 2 aromatic rings. The molecule has 0 aliphatic rings. The predicted molar refractivity (Wildman–Crippen MR) is 78.5 cm³/mol. The third kappa shape index (κ3) is 2.99. The lowest BCUT2D eigenvalue weighted by molar-refractivity contribution is 0.0916. The van der Waals surface area contributed by atoms with Crippen molar-refractivity contribution in [3.8, 4) is 0 Å². The van der Waals surface area contributed by atoms with Gasteiger partial charge >= 0.3 is 0 Å². The number of benzene rings is 1. The van der Waals surface area contributed by atoms with Crippen molar-refractivity contribution in [3.63, 3.8) is 0 Å². The molecule has 0 spiro atoms. The van der Waals surface area contributed by atoms with Gasteiger partial charge in [-0.05, 0) is 30.5 Å². The van der Waals surface area contributed by atoms with E-state index in [0.29, 0.717) is 12.0 Å². The summed E-state index contributed by atoms with van der Waals surface area (Å²) in [5.74, 6) is 0.161. The lowest BCUT2D eigenvalue weighted by Gasteiger charge is -2.21. The van der Waals surface area contributed by atoms with E-state index in [0.717, 1.165) is 11.0 Å². The lowest BCUT2D eigenvalue weighted by Crippen LogP contribution is -2.39. The third-order valence-electron chi connectivity index (χ3n) is 3.55. The van der Waals surface area contributed by atoms with Crippen LogP contribution in [0.15, 0.2) is 24.5 Å². The zero-order valence-corrected chi connectivity index (χ0v) is 12.1. The van der Waals surface area contributed by atoms with Crippen molar-refractivity contribution in [1.82, 2.24) is 14.9 Å². The molecule has 0 saturated heterocycles. The van der Waals surface area contributed by atoms with E-state index in [2.05, 4.69) is 10.3 Å². The number of rotatable bonds is 5. The van der Waals surface area contributed by atoms with E-state index >= 15 is 0 Å². The molecule has 108 valence electrons. The second-order valence-corrected chi connectivity index (χ2v) is 5.40. The molecule has 5 heteroatoms. The van der Waals surface area contributed by atoms with Crippen LogP contribution in [-0.2, 0) is 7.05 Å². The van der Waals surface area contributed by atoms with Crippen LogP contribution < -0.4 is 5.32 Å². The number of nitrogens with zero attached hydrogens (tertiary/aromatic N) is 2. The van der Waals surface area contributed by atoms with Crippen molar-refractivity contribution in [2.45, 2.75) is 26.3 Å². The van der Waals surface area contributed by atoms with Gasteiger partial charge in [0, 0.05) is 25.3 Å². The number of aliphatic hydroxyl groups is 1. The molecule has 1 unspecified atom stereocenters. The highest BCUT2D eigenvalue weighted by atomic mass is 16.3. The highest BCUT2D eigenvalue weighted by Crippen LogP contribution is 2.15. The zero-order valence-electron chi connectivity index (χ0n) is 12.1. The molecule has 1 aromatic heterocycles. The number of hydrogen-bond acceptors (Lipinski definition) is 3. The van der Waals surface area contributed by atoms with Crippen LogP contribution in [0.1, 0.15) is 30.6 Å². The van der Waals surface area contributed by atoms with Crippen LogP contribution in [0, 0.1) is 5.92 Å². The first-order valence-corrected chi connectivity index (χ1v) is 6.85. The van der Waals surface area contributed by atoms with Gasteiger partial charge in [-0.3, -0.25) is 4.79 Å². The first-order valence-electron chi connectivity index (χ1n) is 6.85. The third-order valence-corrected chi connectivity index (χ3v) is 3.55. The fourth-order valence-electron chi connectivity index (χ4n) is 2.24. The number of aromatic nitrogens is 2. The summed E-state index contributed by atoms with van der Waals surface area (Å²) in [5.41, 5.74) is 2.40. The number of aryl methyl sites for hydroxylation is 1. The fourth-order valence-corrected chi connectivity index (χ4v) is 2.24. The quantitative estimate of drug-likeness (QED) is 0.873. The minimum Gasteiger partial charge on any atom is -0.396 e. The average Bonchev–Trinajstić information content (AvgIpc) is 2.79. The Kier molecular flexibility index (Phi) is 4.39. The molecular formula is C15H21N3O2. The van der Waals surface area contributed by atoms with E-state index in [4.69, 9.17) is 5.11 Å². The fraction of sp³-hybridized carbons (Fsp3) is 0.467. The van der Waals surface area contributed by atoms with Crippen molar-refractivity contribution in [2.24, 2.45) is 13.0 Å². The topological polar surface area (TPSA) is 67.2 Å². The first kappa shape index (κ1) is 14.5. The number of carbonyl (C=O) groups excluding carboxylic acids is 1. The van der Waals surface area contributed by atoms with Gasteiger partial charge in [0.2, 0.25) is 0 Å². The van der Waals surface area contributed by atoms with E-state index in [1.165, 1.54) is 0 Å². The van der Waals surface area contributed by atoms with Gasteiger partial charge in [-0.25, -0.2) is 4.98 Å². The number of fused-ring (bicyclic) bond motifs is 1. The molecule has 1 aromatic carbocycles. The van der Waals surface area contributed by atoms with Crippen LogP contribution in [0.3, 0.4) is 0 Å². The summed E-state index contributed by atoms with van der Waals surface area (Å²) >= 11 is 0. The maximum absolute atomic E-state index is 12.3. The normalized spacial score (nSPS) is 12.8. The Morgan fingerprint density at radius 2 is 2.20 bits per heavy atom. The minimum atomic E-state index is -0.121. The Bertz CT molecular complexity index is 604. The van der Waals surface area contributed by atoms with Gasteiger partial charge < -0.3 is 15.0 Å². The van der Waals surface area contributed by atoms with Gasteiger partial charge in [0.15, 0.2) is 0 Å². The maximum Gasteiger partial charge on any atom is 0.251 e. The first-order chi connectivity index (χ1) is 9.52. The molecule has 0 bridgehead atoms. The largest absolute Gasteiger partial charge is 0.396 e. The number of hydrogen-bond donors (Lipinski definition) is 2. The molecular weight excluding hydrogens is 254 g/mol. The second kappa shape index (κ2) is 6.05. The molecule has 2 rings (SSSR count). The number of imidazole rings is 1. The average molecular weight is 275 g/mol. The Balaban J connectivity index is 2.18. The molecule has 0 saturated carbocycles. The Morgan fingerprint density at radius 1 is 1.45 bits per heavy atom. The van der Waals surface area contributed by atoms with E-state index in [-0.39, 0.29) is 24.5 Å². The SMILES string of the molecule is CC(C)C(CCO)NC(=O)c1ccc2c(c1)ncn2C. The molecule has 20 heavy (non-hydrogen) atoms. The standard InChI is InChI=1S/C15H21N3O2/c1-10(2)12(6-7-19)17-15(20)11-4-5-14-13(8-11)16-9-18(14)3/h4-5,8-10,12,19H,6-7H2,1-3H3,(H,17,20). The molecule has 1 heterocycles. The molecule has 0 fully saturated rings. The lowest BCUT2D eigenvalue weighted by atomic mass is 10.0. The summed E-state index contributed by atoms with van der Waals surface area (Å²) in [6.07, 6.45) is 2.30. The highest BCUT2D eigenvalue weighted by molar-refractivity contribution is 5.97. The zero-order chi connectivity index (χ0) is 14.7. The van der Waals surface area contributed by atoms with Crippen LogP contribution in [0.2, 0.25) is 0 Å².